The van der Waals surface area contributed by atoms with Gasteiger partial charge in [-0.05, 0) is 24.8 Å². The Morgan fingerprint density at radius 1 is 0.897 bits per heavy atom. The molecule has 3 rings (SSSR count). The number of aliphatic carboxylic acids is 1. The van der Waals surface area contributed by atoms with E-state index >= 15 is 0 Å². The zero-order valence-corrected chi connectivity index (χ0v) is 20.6. The number of benzene rings is 2. The third kappa shape index (κ3) is 8.66. The van der Waals surface area contributed by atoms with Gasteiger partial charge in [0.15, 0.2) is 11.9 Å². The highest BCUT2D eigenvalue weighted by Crippen LogP contribution is 2.32. The average Bonchev–Trinajstić information content (AvgIpc) is 2.98. The Morgan fingerprint density at radius 3 is 2.13 bits per heavy atom. The van der Waals surface area contributed by atoms with Crippen LogP contribution in [0.1, 0.15) is 48.8 Å². The van der Waals surface area contributed by atoms with E-state index in [1.165, 1.54) is 0 Å². The van der Waals surface area contributed by atoms with E-state index in [2.05, 4.69) is 10.3 Å². The van der Waals surface area contributed by atoms with Gasteiger partial charge in [-0.3, -0.25) is 19.4 Å². The van der Waals surface area contributed by atoms with Crippen LogP contribution in [0, 0.1) is 11.8 Å². The summed E-state index contributed by atoms with van der Waals surface area (Å²) in [5.74, 6) is -7.15. The molecule has 1 aliphatic rings. The molecule has 1 heterocycles. The van der Waals surface area contributed by atoms with Crippen LogP contribution in [0.3, 0.4) is 0 Å². The fourth-order valence-electron chi connectivity index (χ4n) is 4.49. The number of aliphatic imine (C=N–C) groups is 1. The molecule has 6 nitrogen and oxygen atoms in total. The van der Waals surface area contributed by atoms with Gasteiger partial charge in [-0.1, -0.05) is 54.6 Å². The maximum Gasteiger partial charge on any atom is 0.389 e. The Balaban J connectivity index is 1.93. The van der Waals surface area contributed by atoms with Crippen molar-refractivity contribution in [3.05, 3.63) is 71.3 Å². The highest BCUT2D eigenvalue weighted by molar-refractivity contribution is 6.16. The molecule has 210 valence electrons. The van der Waals surface area contributed by atoms with E-state index in [1.54, 1.807) is 54.6 Å². The SMILES string of the molecule is O=C1Cc2ccccc2C(c2ccccc2)=NC1NC(=O)[C@H](CCC(F)(F)F)[C@H](CCCC(F)(F)F)C(=O)O. The summed E-state index contributed by atoms with van der Waals surface area (Å²) in [5, 5.41) is 11.9. The predicted molar refractivity (Wildman–Crippen MR) is 129 cm³/mol. The fourth-order valence-corrected chi connectivity index (χ4v) is 4.49. The smallest absolute Gasteiger partial charge is 0.389 e. The second-order valence-corrected chi connectivity index (χ2v) is 9.27. The first-order chi connectivity index (χ1) is 18.2. The number of hydrogen-bond donors (Lipinski definition) is 2. The molecular formula is C27H26F6N2O4. The summed E-state index contributed by atoms with van der Waals surface area (Å²) in [6, 6.07) is 15.5. The van der Waals surface area contributed by atoms with Crippen LogP contribution < -0.4 is 5.32 Å². The molecule has 3 atom stereocenters. The number of Topliss-reactive ketones (excluding diaryl/α,β-unsaturated/α-hetero) is 1. The maximum absolute atomic E-state index is 13.2. The lowest BCUT2D eigenvalue weighted by Crippen LogP contribution is -2.46. The molecule has 1 aliphatic heterocycles. The molecule has 2 N–H and O–H groups in total. The third-order valence-corrected chi connectivity index (χ3v) is 6.38. The average molecular weight is 557 g/mol. The zero-order chi connectivity index (χ0) is 28.8. The number of rotatable bonds is 10. The number of halogens is 6. The Labute approximate surface area is 220 Å². The first-order valence-electron chi connectivity index (χ1n) is 12.2. The highest BCUT2D eigenvalue weighted by Gasteiger charge is 2.40. The number of alkyl halides is 6. The summed E-state index contributed by atoms with van der Waals surface area (Å²) in [6.45, 7) is 0. The van der Waals surface area contributed by atoms with Crippen LogP contribution in [0.2, 0.25) is 0 Å². The van der Waals surface area contributed by atoms with Crippen LogP contribution >= 0.6 is 0 Å². The van der Waals surface area contributed by atoms with Gasteiger partial charge in [0.05, 0.1) is 17.5 Å². The number of hydrogen-bond acceptors (Lipinski definition) is 4. The summed E-state index contributed by atoms with van der Waals surface area (Å²) < 4.78 is 76.9. The lowest BCUT2D eigenvalue weighted by Gasteiger charge is -2.25. The van der Waals surface area contributed by atoms with Crippen LogP contribution in [0.5, 0.6) is 0 Å². The van der Waals surface area contributed by atoms with Gasteiger partial charge >= 0.3 is 18.3 Å². The molecule has 2 aromatic rings. The maximum atomic E-state index is 13.2. The molecule has 2 aromatic carbocycles. The largest absolute Gasteiger partial charge is 0.481 e. The quantitative estimate of drug-likeness (QED) is 0.379. The van der Waals surface area contributed by atoms with Crippen molar-refractivity contribution in [1.29, 1.82) is 0 Å². The predicted octanol–water partition coefficient (Wildman–Crippen LogP) is 5.48. The van der Waals surface area contributed by atoms with Crippen molar-refractivity contribution >= 4 is 23.4 Å². The molecule has 0 spiro atoms. The molecule has 0 bridgehead atoms. The molecule has 0 fully saturated rings. The van der Waals surface area contributed by atoms with E-state index in [4.69, 9.17) is 0 Å². The molecule has 0 saturated heterocycles. The van der Waals surface area contributed by atoms with E-state index in [0.29, 0.717) is 22.4 Å². The molecule has 39 heavy (non-hydrogen) atoms. The number of nitrogens with zero attached hydrogens (tertiary/aromatic N) is 1. The number of carboxylic acids is 1. The topological polar surface area (TPSA) is 95.8 Å². The van der Waals surface area contributed by atoms with Gasteiger partial charge in [0.2, 0.25) is 5.91 Å². The Bertz CT molecular complexity index is 1210. The fraction of sp³-hybridized carbons (Fsp3) is 0.407. The molecule has 1 amide bonds. The molecule has 0 saturated carbocycles. The number of carbonyl (C=O) groups excluding carboxylic acids is 2. The number of fused-ring (bicyclic) bond motifs is 1. The summed E-state index contributed by atoms with van der Waals surface area (Å²) >= 11 is 0. The van der Waals surface area contributed by atoms with Crippen molar-refractivity contribution in [3.8, 4) is 0 Å². The number of carbonyl (C=O) groups is 3. The number of amides is 1. The Hall–Kier alpha value is -3.70. The van der Waals surface area contributed by atoms with Crippen LogP contribution in [0.4, 0.5) is 26.3 Å². The zero-order valence-electron chi connectivity index (χ0n) is 20.6. The van der Waals surface area contributed by atoms with Crippen LogP contribution in [0.25, 0.3) is 0 Å². The van der Waals surface area contributed by atoms with E-state index in [0.717, 1.165) is 0 Å². The summed E-state index contributed by atoms with van der Waals surface area (Å²) in [6.07, 6.45) is -16.3. The summed E-state index contributed by atoms with van der Waals surface area (Å²) in [5.41, 5.74) is 2.15. The minimum Gasteiger partial charge on any atom is -0.481 e. The van der Waals surface area contributed by atoms with Crippen molar-refractivity contribution in [2.24, 2.45) is 16.8 Å². The van der Waals surface area contributed by atoms with Gasteiger partial charge in [-0.15, -0.1) is 0 Å². The highest BCUT2D eigenvalue weighted by atomic mass is 19.4. The van der Waals surface area contributed by atoms with Gasteiger partial charge in [0, 0.05) is 30.4 Å². The number of ketones is 1. The Kier molecular flexibility index (Phi) is 9.52. The van der Waals surface area contributed by atoms with Crippen LogP contribution in [-0.4, -0.2) is 47.0 Å². The second-order valence-electron chi connectivity index (χ2n) is 9.27. The van der Waals surface area contributed by atoms with Crippen LogP contribution in [0.15, 0.2) is 59.6 Å². The van der Waals surface area contributed by atoms with E-state index in [-0.39, 0.29) is 6.42 Å². The van der Waals surface area contributed by atoms with Crippen molar-refractivity contribution in [2.45, 2.75) is 57.0 Å². The summed E-state index contributed by atoms with van der Waals surface area (Å²) in [4.78, 5) is 42.6. The van der Waals surface area contributed by atoms with Gasteiger partial charge in [-0.25, -0.2) is 0 Å². The molecular weight excluding hydrogens is 530 g/mol. The Morgan fingerprint density at radius 2 is 1.51 bits per heavy atom. The van der Waals surface area contributed by atoms with Crippen molar-refractivity contribution in [1.82, 2.24) is 5.32 Å². The monoisotopic (exact) mass is 556 g/mol. The van der Waals surface area contributed by atoms with Crippen molar-refractivity contribution in [2.75, 3.05) is 0 Å². The minimum absolute atomic E-state index is 0.165. The third-order valence-electron chi connectivity index (χ3n) is 6.38. The van der Waals surface area contributed by atoms with Gasteiger partial charge in [0.25, 0.3) is 0 Å². The molecule has 0 radical (unpaired) electrons. The molecule has 1 unspecified atom stereocenters. The first-order valence-corrected chi connectivity index (χ1v) is 12.2. The van der Waals surface area contributed by atoms with Gasteiger partial charge in [-0.2, -0.15) is 26.3 Å². The van der Waals surface area contributed by atoms with E-state index < -0.39 is 80.1 Å². The normalized spacial score (nSPS) is 17.4. The summed E-state index contributed by atoms with van der Waals surface area (Å²) in [7, 11) is 0. The number of carboxylic acid groups (broad SMARTS) is 1. The molecule has 0 aromatic heterocycles. The van der Waals surface area contributed by atoms with E-state index in [1.807, 2.05) is 0 Å². The van der Waals surface area contributed by atoms with Crippen molar-refractivity contribution in [3.63, 3.8) is 0 Å². The molecule has 0 aliphatic carbocycles. The van der Waals surface area contributed by atoms with Crippen LogP contribution in [-0.2, 0) is 20.8 Å². The van der Waals surface area contributed by atoms with Gasteiger partial charge < -0.3 is 10.4 Å². The molecule has 12 heteroatoms. The lowest BCUT2D eigenvalue weighted by molar-refractivity contribution is -0.155. The van der Waals surface area contributed by atoms with Crippen molar-refractivity contribution < 1.29 is 45.8 Å². The lowest BCUT2D eigenvalue weighted by atomic mass is 9.83. The van der Waals surface area contributed by atoms with Gasteiger partial charge in [0.1, 0.15) is 0 Å². The van der Waals surface area contributed by atoms with E-state index in [9.17, 15) is 45.8 Å². The minimum atomic E-state index is -4.74. The first kappa shape index (κ1) is 29.9. The second kappa shape index (κ2) is 12.4. The number of nitrogens with one attached hydrogen (secondary N) is 1. The standard InChI is InChI=1S/C27H26F6N2O4/c28-26(29,30)13-6-11-20(25(38)39)19(12-14-27(31,32)33)24(37)35-23-21(36)15-17-9-4-5-10-18(17)22(34-23)16-7-2-1-3-8-16/h1-5,7-10,19-20,23H,6,11-15H2,(H,35,37)(H,38,39)/t19-,20+,23?/m1/s1.